The zero-order chi connectivity index (χ0) is 14.7. The molecule has 0 aliphatic heterocycles. The number of nitrogens with one attached hydrogen (secondary N) is 1. The Labute approximate surface area is 131 Å². The van der Waals surface area contributed by atoms with E-state index in [0.29, 0.717) is 11.3 Å². The summed E-state index contributed by atoms with van der Waals surface area (Å²) in [7, 11) is 1.72. The van der Waals surface area contributed by atoms with Gasteiger partial charge in [-0.15, -0.1) is 11.8 Å². The Morgan fingerprint density at radius 2 is 2.14 bits per heavy atom. The summed E-state index contributed by atoms with van der Waals surface area (Å²) in [6.07, 6.45) is 6.69. The van der Waals surface area contributed by atoms with Crippen LogP contribution in [0.2, 0.25) is 0 Å². The first-order valence-corrected chi connectivity index (χ1v) is 8.61. The Hall–Kier alpha value is -1.18. The first kappa shape index (κ1) is 14.7. The molecule has 3 rings (SSSR count). The molecule has 0 amide bonds. The van der Waals surface area contributed by atoms with Gasteiger partial charge in [-0.2, -0.15) is 5.26 Å². The molecule has 0 heterocycles. The van der Waals surface area contributed by atoms with Gasteiger partial charge in [0.25, 0.3) is 0 Å². The largest absolute Gasteiger partial charge is 0.496 e. The first-order valence-electron chi connectivity index (χ1n) is 7.73. The van der Waals surface area contributed by atoms with Crippen LogP contribution >= 0.6 is 11.8 Å². The molecule has 2 aliphatic carbocycles. The van der Waals surface area contributed by atoms with Crippen molar-refractivity contribution in [2.24, 2.45) is 0 Å². The van der Waals surface area contributed by atoms with Gasteiger partial charge >= 0.3 is 0 Å². The van der Waals surface area contributed by atoms with Crippen LogP contribution in [0.4, 0.5) is 0 Å². The van der Waals surface area contributed by atoms with Gasteiger partial charge in [0.1, 0.15) is 11.3 Å². The van der Waals surface area contributed by atoms with Gasteiger partial charge in [-0.1, -0.05) is 12.1 Å². The number of methoxy groups -OCH3 is 1. The molecule has 2 aliphatic rings. The summed E-state index contributed by atoms with van der Waals surface area (Å²) in [5.41, 5.74) is -0.306. The van der Waals surface area contributed by atoms with Crippen LogP contribution in [0.3, 0.4) is 0 Å². The molecule has 112 valence electrons. The second-order valence-corrected chi connectivity index (χ2v) is 7.44. The second-order valence-electron chi connectivity index (χ2n) is 6.10. The molecule has 2 fully saturated rings. The third kappa shape index (κ3) is 3.53. The van der Waals surface area contributed by atoms with Crippen molar-refractivity contribution in [2.45, 2.75) is 60.3 Å². The van der Waals surface area contributed by atoms with Crippen molar-refractivity contribution in [1.82, 2.24) is 5.32 Å². The molecule has 3 nitrogen and oxygen atoms in total. The highest BCUT2D eigenvalue weighted by molar-refractivity contribution is 8.00. The molecule has 0 radical (unpaired) electrons. The molecule has 2 atom stereocenters. The predicted molar refractivity (Wildman–Crippen MR) is 85.6 cm³/mol. The Kier molecular flexibility index (Phi) is 4.42. The minimum Gasteiger partial charge on any atom is -0.496 e. The number of benzene rings is 1. The summed E-state index contributed by atoms with van der Waals surface area (Å²) < 4.78 is 5.44. The molecule has 0 saturated heterocycles. The van der Waals surface area contributed by atoms with Crippen LogP contribution in [0.5, 0.6) is 5.75 Å². The molecular formula is C17H22N2OS. The molecule has 1 N–H and O–H groups in total. The summed E-state index contributed by atoms with van der Waals surface area (Å²) >= 11 is 1.86. The van der Waals surface area contributed by atoms with Crippen molar-refractivity contribution in [3.05, 3.63) is 24.3 Å². The number of para-hydroxylation sites is 1. The van der Waals surface area contributed by atoms with Gasteiger partial charge in [0.15, 0.2) is 0 Å². The fourth-order valence-electron chi connectivity index (χ4n) is 3.10. The topological polar surface area (TPSA) is 45.0 Å². The van der Waals surface area contributed by atoms with Gasteiger partial charge < -0.3 is 4.74 Å². The van der Waals surface area contributed by atoms with E-state index < -0.39 is 0 Å². The second kappa shape index (κ2) is 6.29. The van der Waals surface area contributed by atoms with Crippen LogP contribution in [0.1, 0.15) is 38.5 Å². The molecule has 0 spiro atoms. The first-order chi connectivity index (χ1) is 10.2. The average molecular weight is 302 g/mol. The zero-order valence-corrected chi connectivity index (χ0v) is 13.3. The van der Waals surface area contributed by atoms with E-state index in [1.54, 1.807) is 7.11 Å². The van der Waals surface area contributed by atoms with Crippen molar-refractivity contribution >= 4 is 11.8 Å². The number of thioether (sulfide) groups is 1. The lowest BCUT2D eigenvalue weighted by Crippen LogP contribution is -2.49. The van der Waals surface area contributed by atoms with E-state index in [0.717, 1.165) is 25.0 Å². The molecule has 1 aromatic rings. The molecule has 0 aromatic heterocycles. The highest BCUT2D eigenvalue weighted by Crippen LogP contribution is 2.42. The maximum Gasteiger partial charge on any atom is 0.132 e. The standard InChI is InChI=1S/C17H22N2OS/c1-20-15-6-2-3-7-16(15)21-14-5-4-10-17(11-14,12-18)19-13-8-9-13/h2-3,6-7,13-14,19H,4-5,8-11H2,1H3. The lowest BCUT2D eigenvalue weighted by atomic mass is 9.82. The summed E-state index contributed by atoms with van der Waals surface area (Å²) in [5, 5.41) is 13.7. The smallest absolute Gasteiger partial charge is 0.132 e. The van der Waals surface area contributed by atoms with Crippen molar-refractivity contribution in [1.29, 1.82) is 5.26 Å². The van der Waals surface area contributed by atoms with Gasteiger partial charge in [-0.3, -0.25) is 5.32 Å². The summed E-state index contributed by atoms with van der Waals surface area (Å²) in [6.45, 7) is 0. The van der Waals surface area contributed by atoms with Gasteiger partial charge in [-0.25, -0.2) is 0 Å². The minimum atomic E-state index is -0.306. The quantitative estimate of drug-likeness (QED) is 0.900. The number of hydrogen-bond donors (Lipinski definition) is 1. The highest BCUT2D eigenvalue weighted by atomic mass is 32.2. The Morgan fingerprint density at radius 3 is 2.86 bits per heavy atom. The number of ether oxygens (including phenoxy) is 1. The van der Waals surface area contributed by atoms with E-state index >= 15 is 0 Å². The van der Waals surface area contributed by atoms with Crippen LogP contribution in [-0.4, -0.2) is 23.9 Å². The number of nitriles is 1. The van der Waals surface area contributed by atoms with Crippen molar-refractivity contribution in [3.8, 4) is 11.8 Å². The van der Waals surface area contributed by atoms with E-state index in [2.05, 4.69) is 17.5 Å². The molecule has 4 heteroatoms. The number of rotatable bonds is 5. The van der Waals surface area contributed by atoms with Gasteiger partial charge in [0.2, 0.25) is 0 Å². The van der Waals surface area contributed by atoms with Gasteiger partial charge in [0, 0.05) is 16.2 Å². The average Bonchev–Trinajstić information content (AvgIpc) is 3.32. The molecular weight excluding hydrogens is 280 g/mol. The Bertz CT molecular complexity index is 538. The summed E-state index contributed by atoms with van der Waals surface area (Å²) in [4.78, 5) is 1.19. The molecule has 2 saturated carbocycles. The molecule has 1 aromatic carbocycles. The maximum atomic E-state index is 9.66. The fraction of sp³-hybridized carbons (Fsp3) is 0.588. The number of hydrogen-bond acceptors (Lipinski definition) is 4. The fourth-order valence-corrected chi connectivity index (χ4v) is 4.54. The third-order valence-corrected chi connectivity index (χ3v) is 5.67. The zero-order valence-electron chi connectivity index (χ0n) is 12.5. The SMILES string of the molecule is COc1ccccc1SC1CCCC(C#N)(NC2CC2)C1. The van der Waals surface area contributed by atoms with Crippen LogP contribution < -0.4 is 10.1 Å². The maximum absolute atomic E-state index is 9.66. The van der Waals surface area contributed by atoms with Crippen molar-refractivity contribution in [2.75, 3.05) is 7.11 Å². The van der Waals surface area contributed by atoms with Crippen LogP contribution in [0.25, 0.3) is 0 Å². The van der Waals surface area contributed by atoms with Crippen molar-refractivity contribution < 1.29 is 4.74 Å². The van der Waals surface area contributed by atoms with E-state index in [-0.39, 0.29) is 5.54 Å². The monoisotopic (exact) mass is 302 g/mol. The van der Waals surface area contributed by atoms with Crippen LogP contribution in [-0.2, 0) is 0 Å². The lowest BCUT2D eigenvalue weighted by Gasteiger charge is -2.36. The van der Waals surface area contributed by atoms with E-state index in [1.807, 2.05) is 30.0 Å². The Morgan fingerprint density at radius 1 is 1.33 bits per heavy atom. The van der Waals surface area contributed by atoms with Gasteiger partial charge in [-0.05, 0) is 50.7 Å². The lowest BCUT2D eigenvalue weighted by molar-refractivity contribution is 0.301. The third-order valence-electron chi connectivity index (χ3n) is 4.34. The predicted octanol–water partition coefficient (Wildman–Crippen LogP) is 3.74. The van der Waals surface area contributed by atoms with Gasteiger partial charge in [0.05, 0.1) is 13.2 Å². The molecule has 21 heavy (non-hydrogen) atoms. The van der Waals surface area contributed by atoms with E-state index in [1.165, 1.54) is 24.2 Å². The van der Waals surface area contributed by atoms with Crippen LogP contribution in [0.15, 0.2) is 29.2 Å². The molecule has 2 unspecified atom stereocenters. The highest BCUT2D eigenvalue weighted by Gasteiger charge is 2.40. The summed E-state index contributed by atoms with van der Waals surface area (Å²) in [5.74, 6) is 0.936. The van der Waals surface area contributed by atoms with Crippen molar-refractivity contribution in [3.63, 3.8) is 0 Å². The normalized spacial score (nSPS) is 28.9. The summed E-state index contributed by atoms with van der Waals surface area (Å²) in [6, 6.07) is 11.3. The number of nitrogens with zero attached hydrogens (tertiary/aromatic N) is 1. The van der Waals surface area contributed by atoms with E-state index in [9.17, 15) is 5.26 Å². The van der Waals surface area contributed by atoms with E-state index in [4.69, 9.17) is 4.74 Å². The Balaban J connectivity index is 1.69. The van der Waals surface area contributed by atoms with Crippen LogP contribution in [0, 0.1) is 11.3 Å². The molecule has 0 bridgehead atoms. The minimum absolute atomic E-state index is 0.306.